The Balaban J connectivity index is 1.86. The molecule has 3 fully saturated rings. The fraction of sp³-hybridized carbons (Fsp3) is 0.789. The Hall–Kier alpha value is -1.44. The summed E-state index contributed by atoms with van der Waals surface area (Å²) >= 11 is 0. The number of carbonyl (C=O) groups excluding carboxylic acids is 2. The molecule has 7 nitrogen and oxygen atoms in total. The van der Waals surface area contributed by atoms with Gasteiger partial charge in [-0.1, -0.05) is 18.6 Å². The summed E-state index contributed by atoms with van der Waals surface area (Å²) in [6.07, 6.45) is 0.896. The average Bonchev–Trinajstić information content (AvgIpc) is 3.34. The number of ether oxygens (including phenoxy) is 4. The summed E-state index contributed by atoms with van der Waals surface area (Å²) < 4.78 is 23.3. The Kier molecular flexibility index (Phi) is 3.82. The molecule has 0 aromatic heterocycles. The smallest absolute Gasteiger partial charge is 0.303 e. The van der Waals surface area contributed by atoms with E-state index in [9.17, 15) is 14.7 Å². The van der Waals surface area contributed by atoms with Crippen molar-refractivity contribution in [2.75, 3.05) is 13.2 Å². The number of carbonyl (C=O) groups is 2. The van der Waals surface area contributed by atoms with Crippen LogP contribution in [-0.4, -0.2) is 60.3 Å². The molecule has 1 N–H and O–H groups in total. The molecule has 0 unspecified atom stereocenters. The summed E-state index contributed by atoms with van der Waals surface area (Å²) in [5, 5.41) is 10.9. The van der Waals surface area contributed by atoms with Gasteiger partial charge in [-0.3, -0.25) is 9.59 Å². The van der Waals surface area contributed by atoms with Gasteiger partial charge in [-0.05, 0) is 19.8 Å². The van der Waals surface area contributed by atoms with Crippen molar-refractivity contribution in [2.45, 2.75) is 70.6 Å². The third-order valence-electron chi connectivity index (χ3n) is 7.08. The van der Waals surface area contributed by atoms with Crippen LogP contribution in [0.4, 0.5) is 0 Å². The number of fused-ring (bicyclic) bond motifs is 2. The molecule has 0 aromatic rings. The molecule has 2 aliphatic carbocycles. The molecule has 0 radical (unpaired) electrons. The van der Waals surface area contributed by atoms with Gasteiger partial charge < -0.3 is 24.1 Å². The van der Waals surface area contributed by atoms with Gasteiger partial charge in [0.2, 0.25) is 0 Å². The lowest BCUT2D eigenvalue weighted by Gasteiger charge is -2.58. The number of epoxide rings is 1. The van der Waals surface area contributed by atoms with Gasteiger partial charge in [0.05, 0.1) is 18.1 Å². The monoisotopic (exact) mass is 366 g/mol. The van der Waals surface area contributed by atoms with E-state index < -0.39 is 40.7 Å². The molecule has 2 heterocycles. The molecule has 0 aromatic carbocycles. The summed E-state index contributed by atoms with van der Waals surface area (Å²) in [7, 11) is 0. The number of hydrogen-bond donors (Lipinski definition) is 1. The maximum Gasteiger partial charge on any atom is 0.303 e. The molecule has 144 valence electrons. The van der Waals surface area contributed by atoms with E-state index in [0.29, 0.717) is 13.0 Å². The second-order valence-electron chi connectivity index (χ2n) is 8.33. The van der Waals surface area contributed by atoms with Crippen molar-refractivity contribution in [2.24, 2.45) is 10.8 Å². The first-order chi connectivity index (χ1) is 12.2. The lowest BCUT2D eigenvalue weighted by Crippen LogP contribution is -2.66. The fourth-order valence-electron chi connectivity index (χ4n) is 5.60. The highest BCUT2D eigenvalue weighted by Gasteiger charge is 2.85. The third-order valence-corrected chi connectivity index (χ3v) is 7.08. The minimum absolute atomic E-state index is 0.135. The highest BCUT2D eigenvalue weighted by Crippen LogP contribution is 2.72. The Morgan fingerprint density at radius 3 is 2.62 bits per heavy atom. The molecule has 1 saturated carbocycles. The number of esters is 2. The van der Waals surface area contributed by atoms with Crippen molar-refractivity contribution in [3.8, 4) is 0 Å². The molecular formula is C19H26O7. The standard InChI is InChI=1S/C19H26O7/c1-10-5-6-18(8-23-11(2)20)13(7-10)26-16-14(22)15(25-12(3)21)17(18,4)19(16)9-24-19/h7,13-16,22H,5-6,8-9H2,1-4H3/t13-,14+,15-,16-,17+,18+,19+/m0/s1. The number of rotatable bonds is 3. The summed E-state index contributed by atoms with van der Waals surface area (Å²) in [6.45, 7) is 7.31. The maximum absolute atomic E-state index is 11.8. The van der Waals surface area contributed by atoms with Gasteiger partial charge in [-0.25, -0.2) is 0 Å². The van der Waals surface area contributed by atoms with Crippen LogP contribution in [0.1, 0.15) is 40.5 Å². The summed E-state index contributed by atoms with van der Waals surface area (Å²) in [6, 6.07) is 0. The Labute approximate surface area is 152 Å². The average molecular weight is 366 g/mol. The van der Waals surface area contributed by atoms with Crippen molar-refractivity contribution < 1.29 is 33.6 Å². The predicted molar refractivity (Wildman–Crippen MR) is 89.1 cm³/mol. The lowest BCUT2D eigenvalue weighted by molar-refractivity contribution is -0.233. The summed E-state index contributed by atoms with van der Waals surface area (Å²) in [5.74, 6) is -0.830. The van der Waals surface area contributed by atoms with Crippen molar-refractivity contribution in [1.82, 2.24) is 0 Å². The molecule has 7 atom stereocenters. The van der Waals surface area contributed by atoms with Crippen LogP contribution in [0.2, 0.25) is 0 Å². The summed E-state index contributed by atoms with van der Waals surface area (Å²) in [5.41, 5.74) is -0.890. The van der Waals surface area contributed by atoms with E-state index in [0.717, 1.165) is 6.42 Å². The molecule has 4 rings (SSSR count). The number of aliphatic hydroxyl groups excluding tert-OH is 1. The van der Waals surface area contributed by atoms with Gasteiger partial charge in [-0.15, -0.1) is 0 Å². The number of aliphatic hydroxyl groups is 1. The van der Waals surface area contributed by atoms with Crippen LogP contribution in [0.15, 0.2) is 11.6 Å². The highest BCUT2D eigenvalue weighted by atomic mass is 16.7. The first-order valence-corrected chi connectivity index (χ1v) is 9.13. The van der Waals surface area contributed by atoms with Crippen LogP contribution in [0, 0.1) is 10.8 Å². The Morgan fingerprint density at radius 2 is 2.04 bits per heavy atom. The van der Waals surface area contributed by atoms with Gasteiger partial charge in [0.25, 0.3) is 0 Å². The van der Waals surface area contributed by atoms with Crippen LogP contribution in [0.3, 0.4) is 0 Å². The van der Waals surface area contributed by atoms with Gasteiger partial charge in [0, 0.05) is 19.3 Å². The van der Waals surface area contributed by atoms with Crippen molar-refractivity contribution in [3.05, 3.63) is 11.6 Å². The van der Waals surface area contributed by atoms with Crippen LogP contribution < -0.4 is 0 Å². The van der Waals surface area contributed by atoms with Crippen molar-refractivity contribution >= 4 is 11.9 Å². The zero-order valence-corrected chi connectivity index (χ0v) is 15.6. The minimum Gasteiger partial charge on any atom is -0.465 e. The third kappa shape index (κ3) is 2.05. The summed E-state index contributed by atoms with van der Waals surface area (Å²) in [4.78, 5) is 23.4. The van der Waals surface area contributed by atoms with Crippen LogP contribution in [0.25, 0.3) is 0 Å². The van der Waals surface area contributed by atoms with Crippen LogP contribution >= 0.6 is 0 Å². The molecular weight excluding hydrogens is 340 g/mol. The normalized spacial score (nSPS) is 48.6. The van der Waals surface area contributed by atoms with E-state index >= 15 is 0 Å². The largest absolute Gasteiger partial charge is 0.465 e. The molecule has 26 heavy (non-hydrogen) atoms. The SMILES string of the molecule is CC(=O)OC[C@]12CCC(C)=C[C@@H]1O[C@H]1[C@H](O)[C@H](OC(C)=O)[C@@]2(C)[C@@]12CO2. The molecule has 2 bridgehead atoms. The molecule has 2 aliphatic heterocycles. The van der Waals surface area contributed by atoms with E-state index in [1.807, 2.05) is 13.8 Å². The molecule has 1 spiro atoms. The van der Waals surface area contributed by atoms with E-state index in [2.05, 4.69) is 6.08 Å². The van der Waals surface area contributed by atoms with E-state index in [-0.39, 0.29) is 18.7 Å². The van der Waals surface area contributed by atoms with Gasteiger partial charge in [0.15, 0.2) is 0 Å². The molecule has 7 heteroatoms. The van der Waals surface area contributed by atoms with Crippen LogP contribution in [0.5, 0.6) is 0 Å². The zero-order chi connectivity index (χ0) is 18.9. The first-order valence-electron chi connectivity index (χ1n) is 9.13. The van der Waals surface area contributed by atoms with Gasteiger partial charge in [0.1, 0.15) is 30.5 Å². The van der Waals surface area contributed by atoms with Crippen molar-refractivity contribution in [1.29, 1.82) is 0 Å². The Bertz CT molecular complexity index is 681. The quantitative estimate of drug-likeness (QED) is 0.454. The molecule has 2 saturated heterocycles. The second-order valence-corrected chi connectivity index (χ2v) is 8.33. The van der Waals surface area contributed by atoms with Gasteiger partial charge in [-0.2, -0.15) is 0 Å². The maximum atomic E-state index is 11.8. The number of hydrogen-bond acceptors (Lipinski definition) is 7. The second kappa shape index (κ2) is 5.53. The minimum atomic E-state index is -0.986. The van der Waals surface area contributed by atoms with E-state index in [1.54, 1.807) is 0 Å². The zero-order valence-electron chi connectivity index (χ0n) is 15.6. The van der Waals surface area contributed by atoms with E-state index in [1.165, 1.54) is 19.4 Å². The van der Waals surface area contributed by atoms with E-state index in [4.69, 9.17) is 18.9 Å². The molecule has 4 aliphatic rings. The Morgan fingerprint density at radius 1 is 1.35 bits per heavy atom. The fourth-order valence-corrected chi connectivity index (χ4v) is 5.60. The topological polar surface area (TPSA) is 94.6 Å². The highest BCUT2D eigenvalue weighted by molar-refractivity contribution is 5.67. The van der Waals surface area contributed by atoms with Gasteiger partial charge >= 0.3 is 11.9 Å². The predicted octanol–water partition coefficient (Wildman–Crippen LogP) is 1.12. The number of allylic oxidation sites excluding steroid dienone is 1. The first kappa shape index (κ1) is 17.9. The van der Waals surface area contributed by atoms with Crippen molar-refractivity contribution in [3.63, 3.8) is 0 Å². The lowest BCUT2D eigenvalue weighted by atomic mass is 9.51. The van der Waals surface area contributed by atoms with Crippen LogP contribution in [-0.2, 0) is 28.5 Å². The molecule has 0 amide bonds.